The Kier molecular flexibility index (Phi) is 5.42. The molecule has 3 heterocycles. The van der Waals surface area contributed by atoms with Gasteiger partial charge in [0.1, 0.15) is 17.3 Å². The van der Waals surface area contributed by atoms with E-state index in [4.69, 9.17) is 0 Å². The van der Waals surface area contributed by atoms with Crippen molar-refractivity contribution in [3.05, 3.63) is 83.0 Å². The SMILES string of the molecule is CCC1(C)c2cccc3c4cc(CC(C)(C)C)ccc4n4c(-c5c(C)cccc5C)c[n+](c4c23)C1(C)CC. The van der Waals surface area contributed by atoms with Crippen molar-refractivity contribution in [1.82, 2.24) is 4.40 Å². The minimum Gasteiger partial charge on any atom is -0.223 e. The predicted octanol–water partition coefficient (Wildman–Crippen LogP) is 9.21. The molecule has 196 valence electrons. The lowest BCUT2D eigenvalue weighted by Gasteiger charge is -2.46. The molecule has 0 amide bonds. The van der Waals surface area contributed by atoms with Crippen LogP contribution in [0.2, 0.25) is 0 Å². The van der Waals surface area contributed by atoms with Gasteiger partial charge in [-0.2, -0.15) is 4.40 Å². The van der Waals surface area contributed by atoms with Gasteiger partial charge in [-0.3, -0.25) is 0 Å². The Morgan fingerprint density at radius 1 is 0.842 bits per heavy atom. The van der Waals surface area contributed by atoms with Crippen LogP contribution in [0.15, 0.2) is 60.8 Å². The van der Waals surface area contributed by atoms with E-state index in [-0.39, 0.29) is 16.4 Å². The van der Waals surface area contributed by atoms with Crippen LogP contribution in [-0.2, 0) is 17.4 Å². The Morgan fingerprint density at radius 2 is 1.53 bits per heavy atom. The first-order valence-electron chi connectivity index (χ1n) is 14.5. The molecule has 3 aromatic carbocycles. The van der Waals surface area contributed by atoms with Crippen LogP contribution >= 0.6 is 0 Å². The average Bonchev–Trinajstić information content (AvgIpc) is 3.27. The molecule has 0 spiro atoms. The van der Waals surface area contributed by atoms with Gasteiger partial charge in [-0.1, -0.05) is 84.0 Å². The van der Waals surface area contributed by atoms with Gasteiger partial charge in [0, 0.05) is 21.8 Å². The van der Waals surface area contributed by atoms with Crippen LogP contribution in [0.3, 0.4) is 0 Å². The topological polar surface area (TPSA) is 8.29 Å². The molecule has 5 aromatic rings. The van der Waals surface area contributed by atoms with Crippen molar-refractivity contribution in [2.24, 2.45) is 5.41 Å². The summed E-state index contributed by atoms with van der Waals surface area (Å²) in [7, 11) is 0. The molecule has 6 rings (SSSR count). The number of rotatable bonds is 4. The highest BCUT2D eigenvalue weighted by atomic mass is 15.2. The third-order valence-electron chi connectivity index (χ3n) is 9.99. The fraction of sp³-hybridized carbons (Fsp3) is 0.417. The Hall–Kier alpha value is -3.13. The minimum absolute atomic E-state index is 0.0233. The molecular weight excluding hydrogens is 460 g/mol. The molecule has 2 heteroatoms. The Balaban J connectivity index is 1.89. The quantitative estimate of drug-likeness (QED) is 0.171. The van der Waals surface area contributed by atoms with Crippen LogP contribution in [-0.4, -0.2) is 4.40 Å². The van der Waals surface area contributed by atoms with Gasteiger partial charge in [0.05, 0.1) is 5.39 Å². The maximum Gasteiger partial charge on any atom is 0.296 e. The van der Waals surface area contributed by atoms with Crippen LogP contribution in [0.1, 0.15) is 83.6 Å². The van der Waals surface area contributed by atoms with E-state index in [2.05, 4.69) is 132 Å². The number of hydrogen-bond acceptors (Lipinski definition) is 0. The van der Waals surface area contributed by atoms with Crippen LogP contribution in [0.5, 0.6) is 0 Å². The van der Waals surface area contributed by atoms with Crippen LogP contribution in [0.25, 0.3) is 38.6 Å². The summed E-state index contributed by atoms with van der Waals surface area (Å²) in [4.78, 5) is 0. The van der Waals surface area contributed by atoms with E-state index in [9.17, 15) is 0 Å². The molecule has 2 nitrogen and oxygen atoms in total. The molecule has 0 saturated heterocycles. The Labute approximate surface area is 228 Å². The molecule has 2 aromatic heterocycles. The lowest BCUT2D eigenvalue weighted by Crippen LogP contribution is -2.65. The summed E-state index contributed by atoms with van der Waals surface area (Å²) in [6.07, 6.45) is 5.73. The van der Waals surface area contributed by atoms with E-state index in [1.807, 2.05) is 0 Å². The molecule has 2 unspecified atom stereocenters. The molecule has 1 aliphatic rings. The van der Waals surface area contributed by atoms with Crippen molar-refractivity contribution in [3.63, 3.8) is 0 Å². The molecule has 0 saturated carbocycles. The average molecular weight is 504 g/mol. The molecule has 0 fully saturated rings. The number of aryl methyl sites for hydroxylation is 2. The van der Waals surface area contributed by atoms with Crippen molar-refractivity contribution in [1.29, 1.82) is 0 Å². The summed E-state index contributed by atoms with van der Waals surface area (Å²) < 4.78 is 5.26. The first-order valence-corrected chi connectivity index (χ1v) is 14.5. The number of hydrogen-bond donors (Lipinski definition) is 0. The monoisotopic (exact) mass is 503 g/mol. The molecule has 0 bridgehead atoms. The molecular formula is C36H43N2+. The number of aromatic nitrogens is 2. The van der Waals surface area contributed by atoms with Crippen molar-refractivity contribution >= 4 is 27.3 Å². The maximum atomic E-state index is 2.66. The first kappa shape index (κ1) is 25.2. The van der Waals surface area contributed by atoms with Gasteiger partial charge >= 0.3 is 0 Å². The smallest absolute Gasteiger partial charge is 0.223 e. The number of fused-ring (bicyclic) bond motifs is 3. The summed E-state index contributed by atoms with van der Waals surface area (Å²) in [6.45, 7) is 21.3. The Morgan fingerprint density at radius 3 is 2.16 bits per heavy atom. The fourth-order valence-electron chi connectivity index (χ4n) is 7.59. The molecule has 0 aliphatic carbocycles. The maximum absolute atomic E-state index is 2.66. The second kappa shape index (κ2) is 8.18. The third kappa shape index (κ3) is 3.22. The van der Waals surface area contributed by atoms with Gasteiger partial charge in [0.25, 0.3) is 5.65 Å². The van der Waals surface area contributed by atoms with Crippen LogP contribution in [0.4, 0.5) is 0 Å². The third-order valence-corrected chi connectivity index (χ3v) is 9.99. The van der Waals surface area contributed by atoms with E-state index in [0.717, 1.165) is 19.3 Å². The largest absolute Gasteiger partial charge is 0.296 e. The zero-order chi connectivity index (χ0) is 27.2. The second-order valence-electron chi connectivity index (χ2n) is 13.4. The lowest BCUT2D eigenvalue weighted by atomic mass is 9.62. The van der Waals surface area contributed by atoms with E-state index in [1.54, 1.807) is 0 Å². The van der Waals surface area contributed by atoms with Crippen LogP contribution < -0.4 is 4.57 Å². The molecule has 1 aliphatic heterocycles. The normalized spacial score (nSPS) is 21.3. The lowest BCUT2D eigenvalue weighted by molar-refractivity contribution is -0.750. The molecule has 2 atom stereocenters. The first-order chi connectivity index (χ1) is 17.9. The van der Waals surface area contributed by atoms with Gasteiger partial charge in [0.15, 0.2) is 5.69 Å². The van der Waals surface area contributed by atoms with Gasteiger partial charge in [-0.05, 0) is 79.8 Å². The van der Waals surface area contributed by atoms with Gasteiger partial charge in [-0.15, -0.1) is 0 Å². The minimum atomic E-state index is -0.0387. The summed E-state index contributed by atoms with van der Waals surface area (Å²) in [6, 6.07) is 21.0. The zero-order valence-corrected chi connectivity index (χ0v) is 24.8. The highest BCUT2D eigenvalue weighted by Gasteiger charge is 2.54. The summed E-state index contributed by atoms with van der Waals surface area (Å²) >= 11 is 0. The van der Waals surface area contributed by atoms with Gasteiger partial charge in [0.2, 0.25) is 0 Å². The van der Waals surface area contributed by atoms with Crippen molar-refractivity contribution in [2.45, 2.75) is 92.5 Å². The molecule has 0 radical (unpaired) electrons. The van der Waals surface area contributed by atoms with E-state index < -0.39 is 0 Å². The summed E-state index contributed by atoms with van der Waals surface area (Å²) in [5, 5.41) is 4.18. The van der Waals surface area contributed by atoms with E-state index in [0.29, 0.717) is 0 Å². The van der Waals surface area contributed by atoms with E-state index in [1.165, 1.54) is 60.8 Å². The van der Waals surface area contributed by atoms with Crippen molar-refractivity contribution in [3.8, 4) is 11.3 Å². The van der Waals surface area contributed by atoms with Crippen molar-refractivity contribution in [2.75, 3.05) is 0 Å². The van der Waals surface area contributed by atoms with Crippen LogP contribution in [0, 0.1) is 19.3 Å². The number of pyridine rings is 1. The second-order valence-corrected chi connectivity index (χ2v) is 13.4. The highest BCUT2D eigenvalue weighted by molar-refractivity contribution is 6.13. The zero-order valence-electron chi connectivity index (χ0n) is 24.8. The molecule has 0 N–H and O–H groups in total. The highest BCUT2D eigenvalue weighted by Crippen LogP contribution is 2.51. The van der Waals surface area contributed by atoms with E-state index >= 15 is 0 Å². The predicted molar refractivity (Wildman–Crippen MR) is 162 cm³/mol. The summed E-state index contributed by atoms with van der Waals surface area (Å²) in [5.74, 6) is 0. The summed E-state index contributed by atoms with van der Waals surface area (Å²) in [5.41, 5.74) is 11.1. The number of benzene rings is 3. The standard InChI is InChI=1S/C36H43N2/c1-10-35(8)28-17-13-16-26-27-20-25(21-34(5,6)7)18-19-29(27)38-30(31-23(3)14-12-15-24(31)4)22-37(33(38)32(26)28)36(35,9)11-2/h12-20,22H,10-11,21H2,1-9H3/q+1. The number of nitrogens with zero attached hydrogens (tertiary/aromatic N) is 2. The Bertz CT molecular complexity index is 1730. The van der Waals surface area contributed by atoms with Gasteiger partial charge < -0.3 is 0 Å². The van der Waals surface area contributed by atoms with Gasteiger partial charge in [-0.25, -0.2) is 4.57 Å². The molecule has 38 heavy (non-hydrogen) atoms. The fourth-order valence-corrected chi connectivity index (χ4v) is 7.59. The van der Waals surface area contributed by atoms with Crippen molar-refractivity contribution < 1.29 is 4.57 Å². The number of imidazole rings is 1.